The van der Waals surface area contributed by atoms with Crippen LogP contribution in [0.15, 0.2) is 128 Å². The molecule has 0 aliphatic carbocycles. The number of aliphatic hydroxyl groups is 1. The first kappa shape index (κ1) is 96.2. The number of carboxylic acids is 2. The van der Waals surface area contributed by atoms with E-state index in [1.165, 1.54) is 50.6 Å². The van der Waals surface area contributed by atoms with Crippen molar-refractivity contribution in [3.8, 4) is 5.75 Å². The monoisotopic (exact) mass is 1730 g/mol. The molecular weight excluding hydrogens is 1620 g/mol. The van der Waals surface area contributed by atoms with Gasteiger partial charge >= 0.3 is 11.9 Å². The average molecular weight is 1730 g/mol. The molecule has 7 aromatic rings. The van der Waals surface area contributed by atoms with Gasteiger partial charge in [-0.05, 0) is 99.0 Å². The van der Waals surface area contributed by atoms with Gasteiger partial charge in [0.15, 0.2) is 0 Å². The van der Waals surface area contributed by atoms with Crippen LogP contribution in [0.5, 0.6) is 5.75 Å². The number of benzene rings is 4. The van der Waals surface area contributed by atoms with Crippen LogP contribution in [-0.2, 0) is 109 Å². The third kappa shape index (κ3) is 29.5. The summed E-state index contributed by atoms with van der Waals surface area (Å²) in [6.45, 7) is 7.52. The number of H-pyrrole nitrogens is 3. The number of phenolic OH excluding ortho intramolecular Hbond substituents is 1. The number of rotatable bonds is 48. The number of fused-ring (bicyclic) bond motifs is 2. The molecule has 14 amide bonds. The number of para-hydroxylation sites is 2. The highest BCUT2D eigenvalue weighted by Crippen LogP contribution is 2.23. The number of hydrogen-bond donors (Lipinski definition) is 24. The van der Waals surface area contributed by atoms with Crippen molar-refractivity contribution in [2.45, 2.75) is 184 Å². The van der Waals surface area contributed by atoms with E-state index in [9.17, 15) is 87.5 Å². The number of nitrogens with one attached hydrogen (secondary N) is 17. The van der Waals surface area contributed by atoms with Gasteiger partial charge < -0.3 is 116 Å². The molecule has 0 radical (unpaired) electrons. The van der Waals surface area contributed by atoms with Crippen LogP contribution >= 0.6 is 25.3 Å². The SMILES string of the molecule is CC(=O)N[C@@H](CS)C(=O)N[C@@H](C)C(=O)N[C@@H](CC(=O)O)C(=O)N[C@@H](Cc1c[nH]c2ccccc12)C(=O)N[C@H](C(=O)N[C@@H](CS)C(=O)N[C@@H](Cc1ccc(O)cc1)C(=O)N[C@@H](Cc1c[nH]c2ccccc12)C(=O)N[C@@H](Cc1cnc[nH]1)C(=O)N[C@H](C(=O)N[C@@H](Cc1ccccc1)C(=O)NCC(=O)N[C@@H](C)C(=O)N[C@H](CCCCN)C(=O)O)[C@@H](C)O)C(C)C. The number of amides is 14. The van der Waals surface area contributed by atoms with E-state index in [1.807, 2.05) is 0 Å². The van der Waals surface area contributed by atoms with Crippen molar-refractivity contribution in [1.29, 1.82) is 0 Å². The number of imidazole rings is 1. The third-order valence-corrected chi connectivity index (χ3v) is 20.3. The molecule has 122 heavy (non-hydrogen) atoms. The number of phenols is 1. The second-order valence-corrected chi connectivity index (χ2v) is 30.2. The maximum absolute atomic E-state index is 15.3. The Labute approximate surface area is 711 Å². The Kier molecular flexibility index (Phi) is 37.2. The maximum Gasteiger partial charge on any atom is 0.326 e. The Morgan fingerprint density at radius 1 is 0.434 bits per heavy atom. The lowest BCUT2D eigenvalue weighted by Crippen LogP contribution is -2.62. The largest absolute Gasteiger partial charge is 0.508 e. The van der Waals surface area contributed by atoms with E-state index in [0.29, 0.717) is 63.4 Å². The van der Waals surface area contributed by atoms with Crippen molar-refractivity contribution in [1.82, 2.24) is 94.4 Å². The van der Waals surface area contributed by atoms with E-state index in [2.05, 4.69) is 120 Å². The van der Waals surface area contributed by atoms with E-state index >= 15 is 9.59 Å². The summed E-state index contributed by atoms with van der Waals surface area (Å²) in [5.74, 6) is -17.9. The molecule has 3 aromatic heterocycles. The van der Waals surface area contributed by atoms with Crippen molar-refractivity contribution in [3.05, 3.63) is 156 Å². The van der Waals surface area contributed by atoms with Crippen LogP contribution in [0.3, 0.4) is 0 Å². The van der Waals surface area contributed by atoms with Crippen LogP contribution in [0.25, 0.3) is 21.8 Å². The minimum atomic E-state index is -1.88. The van der Waals surface area contributed by atoms with Gasteiger partial charge in [0.25, 0.3) is 0 Å². The number of carbonyl (C=O) groups is 16. The third-order valence-electron chi connectivity index (χ3n) is 19.5. The summed E-state index contributed by atoms with van der Waals surface area (Å²) in [5, 5.41) is 77.5. The summed E-state index contributed by atoms with van der Waals surface area (Å²) in [7, 11) is 0. The van der Waals surface area contributed by atoms with Crippen molar-refractivity contribution in [2.75, 3.05) is 24.6 Å². The number of aliphatic carboxylic acids is 2. The van der Waals surface area contributed by atoms with Gasteiger partial charge in [0.1, 0.15) is 84.3 Å². The molecule has 0 fully saturated rings. The molecule has 39 nitrogen and oxygen atoms in total. The Bertz CT molecular complexity index is 4820. The minimum Gasteiger partial charge on any atom is -0.508 e. The van der Waals surface area contributed by atoms with Crippen LogP contribution in [0.2, 0.25) is 0 Å². The highest BCUT2D eigenvalue weighted by atomic mass is 32.1. The molecule has 0 aliphatic heterocycles. The first-order valence-corrected chi connectivity index (χ1v) is 40.4. The van der Waals surface area contributed by atoms with E-state index in [1.54, 1.807) is 105 Å². The van der Waals surface area contributed by atoms with Gasteiger partial charge in [-0.3, -0.25) is 71.9 Å². The van der Waals surface area contributed by atoms with E-state index < -0.39 is 204 Å². The van der Waals surface area contributed by atoms with Gasteiger partial charge in [-0.1, -0.05) is 92.7 Å². The lowest BCUT2D eigenvalue weighted by molar-refractivity contribution is -0.142. The fourth-order valence-corrected chi connectivity index (χ4v) is 13.4. The normalized spacial score (nSPS) is 14.6. The van der Waals surface area contributed by atoms with Gasteiger partial charge in [-0.25, -0.2) is 9.78 Å². The van der Waals surface area contributed by atoms with Crippen LogP contribution in [0.1, 0.15) is 95.2 Å². The highest BCUT2D eigenvalue weighted by molar-refractivity contribution is 7.80. The lowest BCUT2D eigenvalue weighted by Gasteiger charge is -2.29. The first-order valence-electron chi connectivity index (χ1n) is 39.2. The average Bonchev–Trinajstić information content (AvgIpc) is 1.67. The van der Waals surface area contributed by atoms with Gasteiger partial charge in [0, 0.05) is 96.6 Å². The topological polar surface area (TPSA) is 609 Å². The van der Waals surface area contributed by atoms with Crippen LogP contribution in [0.4, 0.5) is 0 Å². The molecular formula is C81H105N19O20S2. The fourth-order valence-electron chi connectivity index (χ4n) is 12.9. The van der Waals surface area contributed by atoms with Gasteiger partial charge in [0.05, 0.1) is 25.4 Å². The quantitative estimate of drug-likeness (QED) is 0.0140. The smallest absolute Gasteiger partial charge is 0.326 e. The number of carboxylic acid groups (broad SMARTS) is 2. The second-order valence-electron chi connectivity index (χ2n) is 29.5. The van der Waals surface area contributed by atoms with Gasteiger partial charge in [0.2, 0.25) is 82.7 Å². The molecule has 0 bridgehead atoms. The van der Waals surface area contributed by atoms with Crippen LogP contribution in [-0.4, -0.2) is 244 Å². The standard InChI is InChI=1S/C81H105N19O20S2/c1-41(2)67(99-75(113)60(31-49-35-85-55-21-13-11-19-53(49)55)95-74(112)62(33-66(105)106)92-70(108)43(4)89-77(115)63(38-121)90-45(6)102)79(117)98-64(39-122)78(116)93-58(29-47-23-25-51(103)26-24-47)72(110)94-59(30-48-34-84-54-20-12-10-18-52(48)54)73(111)96-61(32-50-36-83-40-87-50)76(114)100-68(44(5)101)80(118)97-57(28-46-16-8-7-9-17-46)71(109)86-37-65(104)88-42(3)69(107)91-56(81(119)120)22-14-15-27-82/h7-13,16-21,23-26,34-36,40-44,56-64,67-68,84-85,101,103,121-122H,14-15,22,27-33,37-39,82H2,1-6H3,(H,83,87)(H,86,109)(H,88,104)(H,89,115)(H,90,102)(H,91,107)(H,92,108)(H,93,116)(H,94,110)(H,95,112)(H,96,111)(H,97,118)(H,98,117)(H,99,113)(H,100,114)(H,105,106)(H,119,120)/t42-,43-,44+,56+,57-,58-,59-,60-,61-,62-,63-,64-,67-,68-/m0/s1. The number of nitrogens with two attached hydrogens (primary N) is 1. The molecule has 0 aliphatic rings. The summed E-state index contributed by atoms with van der Waals surface area (Å²) >= 11 is 8.49. The number of nitrogens with zero attached hydrogens (tertiary/aromatic N) is 1. The molecule has 0 spiro atoms. The number of aromatic nitrogens is 4. The molecule has 23 N–H and O–H groups in total. The summed E-state index contributed by atoms with van der Waals surface area (Å²) in [6, 6.07) is 7.54. The molecule has 7 rings (SSSR count). The Morgan fingerprint density at radius 2 is 0.861 bits per heavy atom. The zero-order valence-electron chi connectivity index (χ0n) is 67.7. The Morgan fingerprint density at radius 3 is 1.36 bits per heavy atom. The number of unbranched alkanes of at least 4 members (excludes halogenated alkanes) is 1. The number of aliphatic hydroxyl groups excluding tert-OH is 1. The fraction of sp³-hybridized carbons (Fsp3) is 0.420. The molecule has 656 valence electrons. The molecule has 0 unspecified atom stereocenters. The zero-order valence-corrected chi connectivity index (χ0v) is 69.5. The first-order chi connectivity index (χ1) is 58.1. The van der Waals surface area contributed by atoms with Crippen molar-refractivity contribution in [3.63, 3.8) is 0 Å². The molecule has 0 saturated carbocycles. The zero-order chi connectivity index (χ0) is 89.4. The van der Waals surface area contributed by atoms with Crippen molar-refractivity contribution >= 4 is 142 Å². The highest BCUT2D eigenvalue weighted by Gasteiger charge is 2.39. The molecule has 14 atom stereocenters. The van der Waals surface area contributed by atoms with Gasteiger partial charge in [-0.2, -0.15) is 25.3 Å². The summed E-state index contributed by atoms with van der Waals surface area (Å²) < 4.78 is 0. The Balaban J connectivity index is 1.12. The molecule has 4 aromatic carbocycles. The summed E-state index contributed by atoms with van der Waals surface area (Å²) in [6.07, 6.45) is 2.46. The predicted octanol–water partition coefficient (Wildman–Crippen LogP) is -2.35. The molecule has 0 saturated heterocycles. The Hall–Kier alpha value is -12.9. The lowest BCUT2D eigenvalue weighted by atomic mass is 9.99. The van der Waals surface area contributed by atoms with E-state index in [4.69, 9.17) is 5.73 Å². The van der Waals surface area contributed by atoms with Gasteiger partial charge in [-0.15, -0.1) is 0 Å². The van der Waals surface area contributed by atoms with E-state index in [0.717, 1.165) is 13.8 Å². The number of hydrogen-bond acceptors (Lipinski definition) is 22. The van der Waals surface area contributed by atoms with Crippen LogP contribution < -0.4 is 80.2 Å². The predicted molar refractivity (Wildman–Crippen MR) is 450 cm³/mol. The summed E-state index contributed by atoms with van der Waals surface area (Å²) in [4.78, 5) is 234. The second kappa shape index (κ2) is 47.2. The van der Waals surface area contributed by atoms with Crippen molar-refractivity contribution in [2.24, 2.45) is 11.7 Å². The molecule has 41 heteroatoms. The summed E-state index contributed by atoms with van der Waals surface area (Å²) in [5.41, 5.74) is 8.84. The van der Waals surface area contributed by atoms with E-state index in [-0.39, 0.29) is 55.7 Å². The van der Waals surface area contributed by atoms with Crippen LogP contribution in [0, 0.1) is 5.92 Å². The molecule has 3 heterocycles. The van der Waals surface area contributed by atoms with Crippen molar-refractivity contribution < 1.29 is 97.1 Å². The maximum atomic E-state index is 15.3. The number of aromatic hydroxyl groups is 1. The number of carbonyl (C=O) groups excluding carboxylic acids is 14. The minimum absolute atomic E-state index is 0.0740. The number of thiol groups is 2. The number of aromatic amines is 3.